The lowest BCUT2D eigenvalue weighted by Gasteiger charge is -2.32. The monoisotopic (exact) mass is 331 g/mol. The van der Waals surface area contributed by atoms with Crippen molar-refractivity contribution in [2.45, 2.75) is 25.9 Å². The number of piperidine rings is 1. The highest BCUT2D eigenvalue weighted by molar-refractivity contribution is 6.30. The molecule has 1 aliphatic heterocycles. The quantitative estimate of drug-likeness (QED) is 0.867. The van der Waals surface area contributed by atoms with Crippen LogP contribution < -0.4 is 4.74 Å². The number of aryl methyl sites for hydroxylation is 1. The summed E-state index contributed by atoms with van der Waals surface area (Å²) in [5.74, 6) is 0.742. The fourth-order valence-electron chi connectivity index (χ4n) is 2.55. The number of aromatic nitrogens is 2. The number of ether oxygens (including phenoxy) is 1. The minimum absolute atomic E-state index is 0.0672. The van der Waals surface area contributed by atoms with E-state index in [1.807, 2.05) is 31.2 Å². The van der Waals surface area contributed by atoms with Crippen molar-refractivity contribution in [3.63, 3.8) is 0 Å². The largest absolute Gasteiger partial charge is 0.490 e. The van der Waals surface area contributed by atoms with E-state index in [-0.39, 0.29) is 12.0 Å². The van der Waals surface area contributed by atoms with Crippen molar-refractivity contribution >= 4 is 17.5 Å². The molecule has 2 heterocycles. The van der Waals surface area contributed by atoms with Gasteiger partial charge in [0.1, 0.15) is 17.5 Å². The van der Waals surface area contributed by atoms with Crippen molar-refractivity contribution < 1.29 is 9.53 Å². The Morgan fingerprint density at radius 3 is 2.48 bits per heavy atom. The summed E-state index contributed by atoms with van der Waals surface area (Å²) in [6.07, 6.45) is 4.86. The predicted octanol–water partition coefficient (Wildman–Crippen LogP) is 3.12. The molecule has 1 saturated heterocycles. The van der Waals surface area contributed by atoms with Crippen LogP contribution in [0.4, 0.5) is 0 Å². The summed E-state index contributed by atoms with van der Waals surface area (Å²) in [4.78, 5) is 22.5. The van der Waals surface area contributed by atoms with E-state index in [0.717, 1.165) is 24.3 Å². The van der Waals surface area contributed by atoms with Crippen LogP contribution in [0.1, 0.15) is 29.0 Å². The number of hydrogen-bond donors (Lipinski definition) is 0. The Labute approximate surface area is 140 Å². The predicted molar refractivity (Wildman–Crippen MR) is 87.8 cm³/mol. The lowest BCUT2D eigenvalue weighted by atomic mass is 10.1. The first-order valence-electron chi connectivity index (χ1n) is 7.62. The minimum Gasteiger partial charge on any atom is -0.490 e. The van der Waals surface area contributed by atoms with Gasteiger partial charge in [-0.1, -0.05) is 11.6 Å². The average molecular weight is 332 g/mol. The molecule has 0 atom stereocenters. The van der Waals surface area contributed by atoms with E-state index in [4.69, 9.17) is 16.3 Å². The second-order valence-corrected chi connectivity index (χ2v) is 6.04. The minimum atomic E-state index is -0.0672. The smallest absolute Gasteiger partial charge is 0.274 e. The molecule has 6 heteroatoms. The highest BCUT2D eigenvalue weighted by Gasteiger charge is 2.25. The van der Waals surface area contributed by atoms with Gasteiger partial charge < -0.3 is 9.64 Å². The van der Waals surface area contributed by atoms with Gasteiger partial charge in [0.2, 0.25) is 0 Å². The Kier molecular flexibility index (Phi) is 4.76. The van der Waals surface area contributed by atoms with Crippen molar-refractivity contribution in [2.75, 3.05) is 13.1 Å². The van der Waals surface area contributed by atoms with Crippen LogP contribution in [-0.2, 0) is 0 Å². The third kappa shape index (κ3) is 3.99. The second kappa shape index (κ2) is 6.96. The van der Waals surface area contributed by atoms with E-state index in [0.29, 0.717) is 23.8 Å². The molecule has 0 N–H and O–H groups in total. The standard InChI is InChI=1S/C17H18ClN3O2/c1-12-10-20-16(11-19-12)17(22)21-8-6-15(7-9-21)23-14-4-2-13(18)3-5-14/h2-5,10-11,15H,6-9H2,1H3. The van der Waals surface area contributed by atoms with Crippen LogP contribution >= 0.6 is 11.6 Å². The fourth-order valence-corrected chi connectivity index (χ4v) is 2.67. The number of amides is 1. The maximum absolute atomic E-state index is 12.4. The van der Waals surface area contributed by atoms with Gasteiger partial charge >= 0.3 is 0 Å². The molecule has 0 bridgehead atoms. The molecule has 1 aromatic heterocycles. The molecule has 1 aromatic carbocycles. The van der Waals surface area contributed by atoms with Crippen LogP contribution in [0.2, 0.25) is 5.02 Å². The van der Waals surface area contributed by atoms with Crippen LogP contribution in [0.3, 0.4) is 0 Å². The number of benzene rings is 1. The molecule has 5 nitrogen and oxygen atoms in total. The molecule has 120 valence electrons. The Hall–Kier alpha value is -2.14. The van der Waals surface area contributed by atoms with E-state index in [2.05, 4.69) is 9.97 Å². The van der Waals surface area contributed by atoms with Gasteiger partial charge in [0, 0.05) is 37.2 Å². The topological polar surface area (TPSA) is 55.3 Å². The molecule has 0 spiro atoms. The molecule has 0 radical (unpaired) electrons. The molecule has 0 saturated carbocycles. The molecule has 3 rings (SSSR count). The number of likely N-dealkylation sites (tertiary alicyclic amines) is 1. The molecular formula is C17H18ClN3O2. The van der Waals surface area contributed by atoms with Crippen molar-refractivity contribution in [3.05, 3.63) is 53.1 Å². The number of halogens is 1. The van der Waals surface area contributed by atoms with Gasteiger partial charge in [-0.25, -0.2) is 4.98 Å². The maximum atomic E-state index is 12.4. The van der Waals surface area contributed by atoms with Gasteiger partial charge in [0.15, 0.2) is 0 Å². The Morgan fingerprint density at radius 1 is 1.17 bits per heavy atom. The lowest BCUT2D eigenvalue weighted by molar-refractivity contribution is 0.0589. The lowest BCUT2D eigenvalue weighted by Crippen LogP contribution is -2.42. The molecule has 0 unspecified atom stereocenters. The first-order valence-corrected chi connectivity index (χ1v) is 8.00. The van der Waals surface area contributed by atoms with Gasteiger partial charge in [-0.05, 0) is 31.2 Å². The Bertz CT molecular complexity index is 665. The zero-order valence-electron chi connectivity index (χ0n) is 12.9. The van der Waals surface area contributed by atoms with Crippen LogP contribution in [0.15, 0.2) is 36.7 Å². The summed E-state index contributed by atoms with van der Waals surface area (Å²) >= 11 is 5.87. The zero-order valence-corrected chi connectivity index (χ0v) is 13.7. The Morgan fingerprint density at radius 2 is 1.87 bits per heavy atom. The first kappa shape index (κ1) is 15.7. The summed E-state index contributed by atoms with van der Waals surface area (Å²) < 4.78 is 5.94. The maximum Gasteiger partial charge on any atom is 0.274 e. The van der Waals surface area contributed by atoms with Crippen LogP contribution in [0.5, 0.6) is 5.75 Å². The first-order chi connectivity index (χ1) is 11.1. The van der Waals surface area contributed by atoms with Gasteiger partial charge in [0.05, 0.1) is 11.9 Å². The van der Waals surface area contributed by atoms with Crippen molar-refractivity contribution in [1.29, 1.82) is 0 Å². The van der Waals surface area contributed by atoms with Crippen LogP contribution in [-0.4, -0.2) is 40.0 Å². The summed E-state index contributed by atoms with van der Waals surface area (Å²) in [6, 6.07) is 7.35. The van der Waals surface area contributed by atoms with Crippen LogP contribution in [0.25, 0.3) is 0 Å². The Balaban J connectivity index is 1.54. The van der Waals surface area contributed by atoms with Gasteiger partial charge in [-0.15, -0.1) is 0 Å². The SMILES string of the molecule is Cc1cnc(C(=O)N2CCC(Oc3ccc(Cl)cc3)CC2)cn1. The van der Waals surface area contributed by atoms with E-state index >= 15 is 0 Å². The highest BCUT2D eigenvalue weighted by Crippen LogP contribution is 2.21. The van der Waals surface area contributed by atoms with Gasteiger partial charge in [-0.2, -0.15) is 0 Å². The number of carbonyl (C=O) groups is 1. The zero-order chi connectivity index (χ0) is 16.2. The molecule has 1 fully saturated rings. The molecule has 1 aliphatic rings. The number of carbonyl (C=O) groups excluding carboxylic acids is 1. The highest BCUT2D eigenvalue weighted by atomic mass is 35.5. The van der Waals surface area contributed by atoms with Crippen LogP contribution in [0, 0.1) is 6.92 Å². The number of rotatable bonds is 3. The van der Waals surface area contributed by atoms with Crippen molar-refractivity contribution in [1.82, 2.24) is 14.9 Å². The summed E-state index contributed by atoms with van der Waals surface area (Å²) in [6.45, 7) is 3.17. The average Bonchev–Trinajstić information content (AvgIpc) is 2.58. The van der Waals surface area contributed by atoms with E-state index in [1.54, 1.807) is 11.1 Å². The summed E-state index contributed by atoms with van der Waals surface area (Å²) in [5, 5.41) is 0.692. The third-order valence-corrected chi connectivity index (χ3v) is 4.10. The second-order valence-electron chi connectivity index (χ2n) is 5.61. The third-order valence-electron chi connectivity index (χ3n) is 3.85. The molecule has 1 amide bonds. The van der Waals surface area contributed by atoms with E-state index < -0.39 is 0 Å². The number of nitrogens with zero attached hydrogens (tertiary/aromatic N) is 3. The summed E-state index contributed by atoms with van der Waals surface area (Å²) in [7, 11) is 0. The fraction of sp³-hybridized carbons (Fsp3) is 0.353. The van der Waals surface area contributed by atoms with Gasteiger partial charge in [-0.3, -0.25) is 9.78 Å². The normalized spacial score (nSPS) is 15.5. The molecular weight excluding hydrogens is 314 g/mol. The molecule has 23 heavy (non-hydrogen) atoms. The molecule has 0 aliphatic carbocycles. The van der Waals surface area contributed by atoms with E-state index in [1.165, 1.54) is 6.20 Å². The molecule has 2 aromatic rings. The van der Waals surface area contributed by atoms with E-state index in [9.17, 15) is 4.79 Å². The van der Waals surface area contributed by atoms with Crippen molar-refractivity contribution in [3.8, 4) is 5.75 Å². The van der Waals surface area contributed by atoms with Gasteiger partial charge in [0.25, 0.3) is 5.91 Å². The number of hydrogen-bond acceptors (Lipinski definition) is 4. The summed E-state index contributed by atoms with van der Waals surface area (Å²) in [5.41, 5.74) is 1.20. The van der Waals surface area contributed by atoms with Crippen molar-refractivity contribution in [2.24, 2.45) is 0 Å².